The molecule has 0 radical (unpaired) electrons. The molecule has 1 N–H and O–H groups in total. The number of fused-ring (bicyclic) bond motifs is 1. The second kappa shape index (κ2) is 8.52. The van der Waals surface area contributed by atoms with E-state index in [4.69, 9.17) is 4.74 Å². The van der Waals surface area contributed by atoms with E-state index in [2.05, 4.69) is 27.5 Å². The molecule has 0 spiro atoms. The second-order valence-corrected chi connectivity index (χ2v) is 7.38. The van der Waals surface area contributed by atoms with Crippen LogP contribution in [0.3, 0.4) is 0 Å². The Labute approximate surface area is 164 Å². The molecule has 1 saturated carbocycles. The third-order valence-electron chi connectivity index (χ3n) is 5.35. The van der Waals surface area contributed by atoms with Gasteiger partial charge in [0.2, 0.25) is 0 Å². The van der Waals surface area contributed by atoms with Crippen molar-refractivity contribution in [2.75, 3.05) is 13.2 Å². The van der Waals surface area contributed by atoms with Crippen molar-refractivity contribution in [3.63, 3.8) is 0 Å². The molecule has 1 amide bonds. The lowest BCUT2D eigenvalue weighted by Crippen LogP contribution is -2.34. The zero-order chi connectivity index (χ0) is 19.3. The molecule has 146 valence electrons. The number of ether oxygens (including phenoxy) is 1. The number of amides is 1. The first-order valence-electron chi connectivity index (χ1n) is 9.98. The van der Waals surface area contributed by atoms with Crippen LogP contribution in [0.5, 0.6) is 0 Å². The fraction of sp³-hybridized carbons (Fsp3) is 0.409. The van der Waals surface area contributed by atoms with E-state index in [1.807, 2.05) is 35.9 Å². The number of pyridine rings is 1. The van der Waals surface area contributed by atoms with Crippen molar-refractivity contribution in [1.29, 1.82) is 0 Å². The van der Waals surface area contributed by atoms with Crippen LogP contribution in [0.25, 0.3) is 11.0 Å². The monoisotopic (exact) mass is 378 g/mol. The Balaban J connectivity index is 1.32. The van der Waals surface area contributed by atoms with Crippen molar-refractivity contribution in [2.45, 2.75) is 38.8 Å². The summed E-state index contributed by atoms with van der Waals surface area (Å²) >= 11 is 0. The summed E-state index contributed by atoms with van der Waals surface area (Å²) < 4.78 is 7.44. The minimum Gasteiger partial charge on any atom is -0.378 e. The van der Waals surface area contributed by atoms with Gasteiger partial charge in [-0.05, 0) is 43.7 Å². The number of carbonyl (C=O) groups excluding carboxylic acids is 1. The van der Waals surface area contributed by atoms with Gasteiger partial charge in [-0.15, -0.1) is 0 Å². The third-order valence-corrected chi connectivity index (χ3v) is 5.35. The Hall–Kier alpha value is -2.73. The van der Waals surface area contributed by atoms with E-state index in [0.29, 0.717) is 30.7 Å². The van der Waals surface area contributed by atoms with Gasteiger partial charge in [-0.25, -0.2) is 9.67 Å². The van der Waals surface area contributed by atoms with Gasteiger partial charge < -0.3 is 10.1 Å². The maximum atomic E-state index is 12.4. The van der Waals surface area contributed by atoms with Crippen LogP contribution < -0.4 is 5.32 Å². The maximum Gasteiger partial charge on any atom is 0.252 e. The lowest BCUT2D eigenvalue weighted by atomic mass is 9.80. The van der Waals surface area contributed by atoms with Crippen molar-refractivity contribution in [3.05, 3.63) is 59.9 Å². The summed E-state index contributed by atoms with van der Waals surface area (Å²) in [5.41, 5.74) is 2.53. The normalized spacial score (nSPS) is 18.8. The highest BCUT2D eigenvalue weighted by molar-refractivity contribution is 5.96. The summed E-state index contributed by atoms with van der Waals surface area (Å²) in [6.45, 7) is 4.16. The Morgan fingerprint density at radius 1 is 1.25 bits per heavy atom. The zero-order valence-electron chi connectivity index (χ0n) is 16.2. The minimum atomic E-state index is -0.0779. The summed E-state index contributed by atoms with van der Waals surface area (Å²) in [4.78, 5) is 16.9. The van der Waals surface area contributed by atoms with E-state index in [-0.39, 0.29) is 5.91 Å². The molecule has 28 heavy (non-hydrogen) atoms. The van der Waals surface area contributed by atoms with Gasteiger partial charge in [-0.3, -0.25) is 4.79 Å². The summed E-state index contributed by atoms with van der Waals surface area (Å²) in [5, 5.41) is 8.31. The molecule has 0 atom stereocenters. The van der Waals surface area contributed by atoms with Crippen molar-refractivity contribution >= 4 is 16.9 Å². The average Bonchev–Trinajstić information content (AvgIpc) is 3.08. The van der Waals surface area contributed by atoms with E-state index in [1.54, 1.807) is 12.4 Å². The van der Waals surface area contributed by atoms with E-state index >= 15 is 0 Å². The Kier molecular flexibility index (Phi) is 5.67. The summed E-state index contributed by atoms with van der Waals surface area (Å²) in [6.07, 6.45) is 7.04. The molecule has 0 aliphatic heterocycles. The van der Waals surface area contributed by atoms with Crippen LogP contribution in [0.1, 0.15) is 42.1 Å². The highest BCUT2D eigenvalue weighted by Crippen LogP contribution is 2.32. The van der Waals surface area contributed by atoms with Crippen molar-refractivity contribution < 1.29 is 9.53 Å². The molecule has 2 aromatic heterocycles. The van der Waals surface area contributed by atoms with E-state index in [9.17, 15) is 4.79 Å². The van der Waals surface area contributed by atoms with Gasteiger partial charge in [-0.2, -0.15) is 5.10 Å². The fourth-order valence-corrected chi connectivity index (χ4v) is 3.74. The number of hydrogen-bond donors (Lipinski definition) is 1. The Bertz CT molecular complexity index is 932. The lowest BCUT2D eigenvalue weighted by Gasteiger charge is -2.34. The van der Waals surface area contributed by atoms with Crippen LogP contribution in [-0.4, -0.2) is 39.9 Å². The number of carbonyl (C=O) groups is 1. The van der Waals surface area contributed by atoms with Gasteiger partial charge in [0.25, 0.3) is 5.91 Å². The predicted octanol–water partition coefficient (Wildman–Crippen LogP) is 3.41. The molecule has 1 aliphatic rings. The van der Waals surface area contributed by atoms with Crippen LogP contribution in [0.15, 0.2) is 48.8 Å². The number of aromatic nitrogens is 3. The van der Waals surface area contributed by atoms with Crippen LogP contribution in [-0.2, 0) is 11.3 Å². The largest absolute Gasteiger partial charge is 0.378 e. The molecular formula is C22H26N4O2. The third kappa shape index (κ3) is 4.22. The standard InChI is InChI=1S/C22H26N4O2/c1-2-28-20-10-17(11-20)8-9-23-22(27)19-12-18-14-25-26(21(18)24-13-19)15-16-6-4-3-5-7-16/h3-7,12-14,17,20H,2,8-11,15H2,1H3,(H,23,27). The lowest BCUT2D eigenvalue weighted by molar-refractivity contribution is -0.0261. The van der Waals surface area contributed by atoms with Crippen molar-refractivity contribution in [1.82, 2.24) is 20.1 Å². The molecule has 4 rings (SSSR count). The first-order valence-corrected chi connectivity index (χ1v) is 9.98. The molecule has 1 aromatic carbocycles. The quantitative estimate of drug-likeness (QED) is 0.652. The number of rotatable bonds is 8. The smallest absolute Gasteiger partial charge is 0.252 e. The van der Waals surface area contributed by atoms with Crippen LogP contribution >= 0.6 is 0 Å². The van der Waals surface area contributed by atoms with Gasteiger partial charge in [-0.1, -0.05) is 30.3 Å². The first kappa shape index (κ1) is 18.6. The van der Waals surface area contributed by atoms with Crippen molar-refractivity contribution in [3.8, 4) is 0 Å². The number of hydrogen-bond acceptors (Lipinski definition) is 4. The molecule has 1 fully saturated rings. The highest BCUT2D eigenvalue weighted by Gasteiger charge is 2.28. The second-order valence-electron chi connectivity index (χ2n) is 7.38. The Morgan fingerprint density at radius 2 is 2.07 bits per heavy atom. The van der Waals surface area contributed by atoms with Gasteiger partial charge in [0, 0.05) is 24.7 Å². The van der Waals surface area contributed by atoms with Gasteiger partial charge in [0.1, 0.15) is 0 Å². The van der Waals surface area contributed by atoms with Gasteiger partial charge in [0.15, 0.2) is 5.65 Å². The molecule has 6 nitrogen and oxygen atoms in total. The molecule has 0 saturated heterocycles. The predicted molar refractivity (Wildman–Crippen MR) is 108 cm³/mol. The molecule has 0 unspecified atom stereocenters. The number of nitrogens with one attached hydrogen (secondary N) is 1. The summed E-state index contributed by atoms with van der Waals surface area (Å²) in [5.74, 6) is 0.583. The van der Waals surface area contributed by atoms with Gasteiger partial charge >= 0.3 is 0 Å². The maximum absolute atomic E-state index is 12.4. The van der Waals surface area contributed by atoms with E-state index < -0.39 is 0 Å². The van der Waals surface area contributed by atoms with E-state index in [1.165, 1.54) is 5.56 Å². The molecular weight excluding hydrogens is 352 g/mol. The molecule has 3 aromatic rings. The molecule has 2 heterocycles. The SMILES string of the molecule is CCOC1CC(CCNC(=O)c2cnc3c(cnn3Cc3ccccc3)c2)C1. The molecule has 0 bridgehead atoms. The molecule has 1 aliphatic carbocycles. The van der Waals surface area contributed by atoms with E-state index in [0.717, 1.165) is 36.9 Å². The number of benzene rings is 1. The van der Waals surface area contributed by atoms with Crippen LogP contribution in [0.4, 0.5) is 0 Å². The van der Waals surface area contributed by atoms with Crippen molar-refractivity contribution in [2.24, 2.45) is 5.92 Å². The number of nitrogens with zero attached hydrogens (tertiary/aromatic N) is 3. The minimum absolute atomic E-state index is 0.0779. The van der Waals surface area contributed by atoms with Gasteiger partial charge in [0.05, 0.1) is 24.4 Å². The average molecular weight is 378 g/mol. The van der Waals surface area contributed by atoms with Crippen LogP contribution in [0, 0.1) is 5.92 Å². The summed E-state index contributed by atoms with van der Waals surface area (Å²) in [6, 6.07) is 12.0. The zero-order valence-corrected chi connectivity index (χ0v) is 16.2. The van der Waals surface area contributed by atoms with Crippen LogP contribution in [0.2, 0.25) is 0 Å². The highest BCUT2D eigenvalue weighted by atomic mass is 16.5. The topological polar surface area (TPSA) is 69.0 Å². The first-order chi connectivity index (χ1) is 13.7. The summed E-state index contributed by atoms with van der Waals surface area (Å²) in [7, 11) is 0. The Morgan fingerprint density at radius 3 is 2.86 bits per heavy atom. The molecule has 6 heteroatoms. The fourth-order valence-electron chi connectivity index (χ4n) is 3.74.